The lowest BCUT2D eigenvalue weighted by atomic mass is 9.96. The Kier molecular flexibility index (Phi) is 1.73. The molecule has 1 aromatic rings. The average molecular weight is 207 g/mol. The quantitative estimate of drug-likeness (QED) is 0.679. The van der Waals surface area contributed by atoms with Gasteiger partial charge in [0.1, 0.15) is 0 Å². The zero-order valence-corrected chi connectivity index (χ0v) is 9.22. The van der Waals surface area contributed by atoms with E-state index in [1.54, 1.807) is 0 Å². The van der Waals surface area contributed by atoms with Crippen LogP contribution in [0.15, 0.2) is 24.3 Å². The van der Waals surface area contributed by atoms with E-state index in [0.29, 0.717) is 5.41 Å². The minimum atomic E-state index is 0.588. The van der Waals surface area contributed by atoms with Gasteiger partial charge in [-0.25, -0.2) is 0 Å². The van der Waals surface area contributed by atoms with Crippen molar-refractivity contribution >= 4 is 11.6 Å². The Morgan fingerprint density at radius 3 is 2.64 bits per heavy atom. The van der Waals surface area contributed by atoms with Crippen LogP contribution in [-0.4, -0.2) is 0 Å². The largest absolute Gasteiger partial charge is 0.0840 e. The van der Waals surface area contributed by atoms with Crippen LogP contribution in [-0.2, 0) is 0 Å². The first-order valence-corrected chi connectivity index (χ1v) is 5.84. The smallest absolute Gasteiger partial charge is 0.0441 e. The van der Waals surface area contributed by atoms with Gasteiger partial charge in [-0.15, -0.1) is 0 Å². The van der Waals surface area contributed by atoms with Crippen molar-refractivity contribution in [2.75, 3.05) is 0 Å². The van der Waals surface area contributed by atoms with Crippen molar-refractivity contribution in [2.24, 2.45) is 11.3 Å². The maximum Gasteiger partial charge on any atom is 0.0441 e. The lowest BCUT2D eigenvalue weighted by molar-refractivity contribution is 0.472. The van der Waals surface area contributed by atoms with Crippen LogP contribution < -0.4 is 0 Å². The van der Waals surface area contributed by atoms with Gasteiger partial charge in [0, 0.05) is 5.02 Å². The van der Waals surface area contributed by atoms with E-state index < -0.39 is 0 Å². The molecule has 2 aliphatic rings. The SMILES string of the molecule is CC1(C2CC2)C[C@@H]1c1ccccc1Cl. The van der Waals surface area contributed by atoms with Gasteiger partial charge in [0.15, 0.2) is 0 Å². The van der Waals surface area contributed by atoms with Crippen LogP contribution in [0.4, 0.5) is 0 Å². The molecule has 0 nitrogen and oxygen atoms in total. The first-order chi connectivity index (χ1) is 6.72. The summed E-state index contributed by atoms with van der Waals surface area (Å²) in [5.41, 5.74) is 1.97. The van der Waals surface area contributed by atoms with Crippen LogP contribution in [0.3, 0.4) is 0 Å². The molecule has 74 valence electrons. The van der Waals surface area contributed by atoms with E-state index in [9.17, 15) is 0 Å². The molecule has 0 bridgehead atoms. The fourth-order valence-electron chi connectivity index (χ4n) is 2.80. The number of hydrogen-bond acceptors (Lipinski definition) is 0. The molecule has 0 spiro atoms. The minimum Gasteiger partial charge on any atom is -0.0840 e. The van der Waals surface area contributed by atoms with Crippen LogP contribution in [0, 0.1) is 11.3 Å². The molecule has 0 N–H and O–H groups in total. The zero-order valence-electron chi connectivity index (χ0n) is 8.46. The van der Waals surface area contributed by atoms with Crippen molar-refractivity contribution < 1.29 is 0 Å². The van der Waals surface area contributed by atoms with Crippen molar-refractivity contribution in [3.05, 3.63) is 34.9 Å². The van der Waals surface area contributed by atoms with Gasteiger partial charge >= 0.3 is 0 Å². The third-order valence-electron chi connectivity index (χ3n) is 4.07. The van der Waals surface area contributed by atoms with Crippen LogP contribution in [0.5, 0.6) is 0 Å². The lowest BCUT2D eigenvalue weighted by Gasteiger charge is -2.10. The molecule has 2 aliphatic carbocycles. The molecule has 2 fully saturated rings. The molecule has 2 saturated carbocycles. The van der Waals surface area contributed by atoms with Crippen molar-refractivity contribution in [3.63, 3.8) is 0 Å². The summed E-state index contributed by atoms with van der Waals surface area (Å²) < 4.78 is 0. The van der Waals surface area contributed by atoms with Crippen LogP contribution in [0.25, 0.3) is 0 Å². The molecule has 0 amide bonds. The molecule has 0 aliphatic heterocycles. The highest BCUT2D eigenvalue weighted by atomic mass is 35.5. The maximum atomic E-state index is 6.21. The minimum absolute atomic E-state index is 0.588. The predicted octanol–water partition coefficient (Wildman–Crippen LogP) is 4.24. The molecule has 1 aromatic carbocycles. The summed E-state index contributed by atoms with van der Waals surface area (Å²) in [6.07, 6.45) is 4.23. The van der Waals surface area contributed by atoms with Crippen molar-refractivity contribution in [1.82, 2.24) is 0 Å². The summed E-state index contributed by atoms with van der Waals surface area (Å²) in [6, 6.07) is 8.33. The van der Waals surface area contributed by atoms with Gasteiger partial charge in [-0.05, 0) is 48.1 Å². The Morgan fingerprint density at radius 1 is 1.29 bits per heavy atom. The molecular formula is C13H15Cl. The molecule has 0 saturated heterocycles. The first-order valence-electron chi connectivity index (χ1n) is 5.46. The van der Waals surface area contributed by atoms with E-state index in [4.69, 9.17) is 11.6 Å². The zero-order chi connectivity index (χ0) is 9.76. The molecule has 14 heavy (non-hydrogen) atoms. The average Bonchev–Trinajstić information content (AvgIpc) is 2.99. The third-order valence-corrected chi connectivity index (χ3v) is 4.41. The van der Waals surface area contributed by atoms with Gasteiger partial charge < -0.3 is 0 Å². The second-order valence-electron chi connectivity index (χ2n) is 5.06. The van der Waals surface area contributed by atoms with Crippen molar-refractivity contribution in [2.45, 2.75) is 32.1 Å². The van der Waals surface area contributed by atoms with E-state index in [0.717, 1.165) is 16.9 Å². The number of benzene rings is 1. The van der Waals surface area contributed by atoms with Crippen LogP contribution in [0.1, 0.15) is 37.7 Å². The molecule has 0 radical (unpaired) electrons. The standard InChI is InChI=1S/C13H15Cl/c1-13(9-6-7-9)8-11(13)10-4-2-3-5-12(10)14/h2-5,9,11H,6-8H2,1H3/t11-,13?/m1/s1. The van der Waals surface area contributed by atoms with Gasteiger partial charge in [-0.1, -0.05) is 36.7 Å². The van der Waals surface area contributed by atoms with E-state index in [1.807, 2.05) is 12.1 Å². The fourth-order valence-corrected chi connectivity index (χ4v) is 3.07. The Balaban J connectivity index is 1.88. The van der Waals surface area contributed by atoms with E-state index in [1.165, 1.54) is 24.8 Å². The highest BCUT2D eigenvalue weighted by molar-refractivity contribution is 6.31. The molecule has 1 unspecified atom stereocenters. The summed E-state index contributed by atoms with van der Waals surface area (Å²) in [5.74, 6) is 1.73. The van der Waals surface area contributed by atoms with Crippen LogP contribution >= 0.6 is 11.6 Å². The van der Waals surface area contributed by atoms with Gasteiger partial charge in [-0.3, -0.25) is 0 Å². The van der Waals surface area contributed by atoms with Gasteiger partial charge in [0.25, 0.3) is 0 Å². The van der Waals surface area contributed by atoms with Crippen molar-refractivity contribution in [3.8, 4) is 0 Å². The monoisotopic (exact) mass is 206 g/mol. The maximum absolute atomic E-state index is 6.21. The van der Waals surface area contributed by atoms with E-state index in [-0.39, 0.29) is 0 Å². The molecule has 3 rings (SSSR count). The second-order valence-corrected chi connectivity index (χ2v) is 5.47. The molecule has 0 aromatic heterocycles. The Morgan fingerprint density at radius 2 is 2.00 bits per heavy atom. The summed E-state index contributed by atoms with van der Waals surface area (Å²) in [4.78, 5) is 0. The van der Waals surface area contributed by atoms with Gasteiger partial charge in [0.2, 0.25) is 0 Å². The van der Waals surface area contributed by atoms with Crippen LogP contribution in [0.2, 0.25) is 5.02 Å². The summed E-state index contributed by atoms with van der Waals surface area (Å²) in [7, 11) is 0. The fraction of sp³-hybridized carbons (Fsp3) is 0.538. The third kappa shape index (κ3) is 1.20. The lowest BCUT2D eigenvalue weighted by Crippen LogP contribution is -2.00. The number of halogens is 1. The Hall–Kier alpha value is -0.490. The van der Waals surface area contributed by atoms with Crippen molar-refractivity contribution in [1.29, 1.82) is 0 Å². The number of hydrogen-bond donors (Lipinski definition) is 0. The van der Waals surface area contributed by atoms with Gasteiger partial charge in [0.05, 0.1) is 0 Å². The normalized spacial score (nSPS) is 35.7. The molecule has 0 heterocycles. The number of rotatable bonds is 2. The van der Waals surface area contributed by atoms with E-state index >= 15 is 0 Å². The first kappa shape index (κ1) is 8.79. The summed E-state index contributed by atoms with van der Waals surface area (Å²) in [6.45, 7) is 2.43. The Labute approximate surface area is 90.3 Å². The Bertz CT molecular complexity index is 367. The molecular weight excluding hydrogens is 192 g/mol. The van der Waals surface area contributed by atoms with E-state index in [2.05, 4.69) is 19.1 Å². The summed E-state index contributed by atoms with van der Waals surface area (Å²) >= 11 is 6.21. The molecule has 1 heteroatoms. The molecule has 2 atom stereocenters. The highest BCUT2D eigenvalue weighted by Crippen LogP contribution is 2.70. The predicted molar refractivity (Wildman–Crippen MR) is 59.6 cm³/mol. The topological polar surface area (TPSA) is 0 Å². The highest BCUT2D eigenvalue weighted by Gasteiger charge is 2.59. The summed E-state index contributed by atoms with van der Waals surface area (Å²) in [5, 5.41) is 0.960. The second kappa shape index (κ2) is 2.76. The van der Waals surface area contributed by atoms with Gasteiger partial charge in [-0.2, -0.15) is 0 Å².